The van der Waals surface area contributed by atoms with E-state index in [9.17, 15) is 18.0 Å². The van der Waals surface area contributed by atoms with Gasteiger partial charge in [0, 0.05) is 6.92 Å². The lowest BCUT2D eigenvalue weighted by Crippen LogP contribution is -2.18. The van der Waals surface area contributed by atoms with Crippen LogP contribution in [0, 0.1) is 0 Å². The van der Waals surface area contributed by atoms with Gasteiger partial charge in [-0.25, -0.2) is 13.6 Å². The van der Waals surface area contributed by atoms with Crippen molar-refractivity contribution < 1.29 is 18.0 Å². The molecular formula is C10H12N2O4S. The fourth-order valence-corrected chi connectivity index (χ4v) is 2.23. The van der Waals surface area contributed by atoms with Gasteiger partial charge >= 0.3 is 0 Å². The summed E-state index contributed by atoms with van der Waals surface area (Å²) in [6.45, 7) is 2.46. The molecule has 1 aromatic carbocycles. The monoisotopic (exact) mass is 256 g/mol. The molecule has 0 atom stereocenters. The average Bonchev–Trinajstić information content (AvgIpc) is 2.14. The number of nitrogens with one attached hydrogen (secondary N) is 1. The minimum absolute atomic E-state index is 0.106. The van der Waals surface area contributed by atoms with Crippen molar-refractivity contribution in [2.75, 3.05) is 5.32 Å². The van der Waals surface area contributed by atoms with Gasteiger partial charge in [-0.2, -0.15) is 0 Å². The van der Waals surface area contributed by atoms with Crippen LogP contribution in [0.25, 0.3) is 0 Å². The number of rotatable bonds is 3. The highest BCUT2D eigenvalue weighted by Crippen LogP contribution is 2.23. The van der Waals surface area contributed by atoms with Gasteiger partial charge in [0.15, 0.2) is 5.78 Å². The van der Waals surface area contributed by atoms with Gasteiger partial charge in [0.2, 0.25) is 15.9 Å². The first-order valence-electron chi connectivity index (χ1n) is 4.68. The van der Waals surface area contributed by atoms with Gasteiger partial charge in [-0.15, -0.1) is 0 Å². The van der Waals surface area contributed by atoms with Crippen LogP contribution in [0.15, 0.2) is 23.1 Å². The molecule has 0 aliphatic carbocycles. The summed E-state index contributed by atoms with van der Waals surface area (Å²) in [4.78, 5) is 22.1. The Morgan fingerprint density at radius 2 is 1.82 bits per heavy atom. The molecule has 1 aromatic rings. The van der Waals surface area contributed by atoms with Crippen molar-refractivity contribution in [3.8, 4) is 0 Å². The van der Waals surface area contributed by atoms with Crippen LogP contribution in [-0.2, 0) is 14.8 Å². The van der Waals surface area contributed by atoms with Crippen LogP contribution in [0.5, 0.6) is 0 Å². The van der Waals surface area contributed by atoms with Crippen molar-refractivity contribution in [3.63, 3.8) is 0 Å². The number of primary sulfonamides is 1. The van der Waals surface area contributed by atoms with E-state index in [2.05, 4.69) is 5.32 Å². The number of carbonyl (C=O) groups is 2. The lowest BCUT2D eigenvalue weighted by Gasteiger charge is -2.11. The largest absolute Gasteiger partial charge is 0.326 e. The summed E-state index contributed by atoms with van der Waals surface area (Å²) in [6, 6.07) is 4.06. The number of ketones is 1. The van der Waals surface area contributed by atoms with Crippen molar-refractivity contribution in [2.45, 2.75) is 18.7 Å². The zero-order valence-electron chi connectivity index (χ0n) is 9.35. The number of hydrogen-bond donors (Lipinski definition) is 2. The molecule has 1 amide bonds. The van der Waals surface area contributed by atoms with Gasteiger partial charge in [0.25, 0.3) is 0 Å². The van der Waals surface area contributed by atoms with Crippen molar-refractivity contribution in [2.24, 2.45) is 5.14 Å². The molecule has 0 saturated heterocycles. The van der Waals surface area contributed by atoms with Crippen LogP contribution in [0.3, 0.4) is 0 Å². The van der Waals surface area contributed by atoms with E-state index in [4.69, 9.17) is 5.14 Å². The van der Waals surface area contributed by atoms with Crippen molar-refractivity contribution in [1.82, 2.24) is 0 Å². The Morgan fingerprint density at radius 3 is 2.24 bits per heavy atom. The third kappa shape index (κ3) is 3.11. The number of carbonyl (C=O) groups excluding carboxylic acids is 2. The number of sulfonamides is 1. The van der Waals surface area contributed by atoms with Gasteiger partial charge < -0.3 is 5.32 Å². The average molecular weight is 256 g/mol. The molecule has 92 valence electrons. The highest BCUT2D eigenvalue weighted by molar-refractivity contribution is 7.89. The Kier molecular flexibility index (Phi) is 3.64. The Balaban J connectivity index is 3.54. The standard InChI is InChI=1S/C10H12N2O4S/c1-6(13)10-8(12-7(2)14)4-3-5-9(10)17(11,15)16/h3-5H,1-2H3,(H,12,14)(H2,11,15,16). The van der Waals surface area contributed by atoms with Crippen LogP contribution < -0.4 is 10.5 Å². The zero-order chi connectivity index (χ0) is 13.2. The molecule has 0 heterocycles. The van der Waals surface area contributed by atoms with Gasteiger partial charge in [-0.3, -0.25) is 9.59 Å². The molecule has 1 rings (SSSR count). The van der Waals surface area contributed by atoms with E-state index < -0.39 is 21.7 Å². The number of hydrogen-bond acceptors (Lipinski definition) is 4. The van der Waals surface area contributed by atoms with Crippen molar-refractivity contribution in [1.29, 1.82) is 0 Å². The normalized spacial score (nSPS) is 11.0. The third-order valence-electron chi connectivity index (χ3n) is 2.00. The fraction of sp³-hybridized carbons (Fsp3) is 0.200. The SMILES string of the molecule is CC(=O)Nc1cccc(S(N)(=O)=O)c1C(C)=O. The van der Waals surface area contributed by atoms with E-state index in [-0.39, 0.29) is 16.1 Å². The Morgan fingerprint density at radius 1 is 1.24 bits per heavy atom. The van der Waals surface area contributed by atoms with Crippen LogP contribution >= 0.6 is 0 Å². The smallest absolute Gasteiger partial charge is 0.238 e. The van der Waals surface area contributed by atoms with E-state index >= 15 is 0 Å². The third-order valence-corrected chi connectivity index (χ3v) is 2.95. The summed E-state index contributed by atoms with van der Waals surface area (Å²) in [5.74, 6) is -0.891. The second kappa shape index (κ2) is 4.64. The summed E-state index contributed by atoms with van der Waals surface area (Å²) >= 11 is 0. The van der Waals surface area contributed by atoms with Crippen LogP contribution in [0.1, 0.15) is 24.2 Å². The molecule has 0 aliphatic heterocycles. The topological polar surface area (TPSA) is 106 Å². The first-order chi connectivity index (χ1) is 7.73. The number of benzene rings is 1. The Bertz CT molecular complexity index is 578. The van der Waals surface area contributed by atoms with Gasteiger partial charge in [0.05, 0.1) is 16.1 Å². The molecule has 0 fully saturated rings. The second-order valence-electron chi connectivity index (χ2n) is 3.46. The summed E-state index contributed by atoms with van der Waals surface area (Å²) in [6.07, 6.45) is 0. The Hall–Kier alpha value is -1.73. The molecule has 0 unspecified atom stereocenters. The maximum atomic E-state index is 11.4. The lowest BCUT2D eigenvalue weighted by atomic mass is 10.1. The summed E-state index contributed by atoms with van der Waals surface area (Å²) in [5, 5.41) is 7.39. The first kappa shape index (κ1) is 13.3. The highest BCUT2D eigenvalue weighted by Gasteiger charge is 2.20. The molecule has 17 heavy (non-hydrogen) atoms. The summed E-state index contributed by atoms with van der Waals surface area (Å²) < 4.78 is 22.6. The van der Waals surface area contributed by atoms with Crippen LogP contribution in [0.4, 0.5) is 5.69 Å². The van der Waals surface area contributed by atoms with E-state index in [1.807, 2.05) is 0 Å². The summed E-state index contributed by atoms with van der Waals surface area (Å²) in [7, 11) is -4.01. The molecule has 0 spiro atoms. The van der Waals surface area contributed by atoms with Crippen molar-refractivity contribution in [3.05, 3.63) is 23.8 Å². The predicted octanol–water partition coefficient (Wildman–Crippen LogP) is 0.495. The second-order valence-corrected chi connectivity index (χ2v) is 4.99. The van der Waals surface area contributed by atoms with E-state index in [0.29, 0.717) is 0 Å². The quantitative estimate of drug-likeness (QED) is 0.767. The van der Waals surface area contributed by atoms with Gasteiger partial charge in [-0.1, -0.05) is 6.07 Å². The molecule has 7 heteroatoms. The molecule has 0 aromatic heterocycles. The molecular weight excluding hydrogens is 244 g/mol. The number of amides is 1. The molecule has 0 aliphatic rings. The van der Waals surface area contributed by atoms with Crippen molar-refractivity contribution >= 4 is 27.4 Å². The minimum atomic E-state index is -4.01. The number of anilines is 1. The molecule has 3 N–H and O–H groups in total. The molecule has 0 bridgehead atoms. The fourth-order valence-electron chi connectivity index (χ4n) is 1.43. The van der Waals surface area contributed by atoms with E-state index in [1.165, 1.54) is 32.0 Å². The predicted molar refractivity (Wildman–Crippen MR) is 62.1 cm³/mol. The van der Waals surface area contributed by atoms with Crippen LogP contribution in [-0.4, -0.2) is 20.1 Å². The maximum absolute atomic E-state index is 11.4. The highest BCUT2D eigenvalue weighted by atomic mass is 32.2. The zero-order valence-corrected chi connectivity index (χ0v) is 10.2. The maximum Gasteiger partial charge on any atom is 0.238 e. The van der Waals surface area contributed by atoms with E-state index in [1.54, 1.807) is 0 Å². The molecule has 0 saturated carbocycles. The van der Waals surface area contributed by atoms with E-state index in [0.717, 1.165) is 0 Å². The van der Waals surface area contributed by atoms with Gasteiger partial charge in [-0.05, 0) is 19.1 Å². The molecule has 6 nitrogen and oxygen atoms in total. The minimum Gasteiger partial charge on any atom is -0.326 e. The number of nitrogens with two attached hydrogens (primary N) is 1. The molecule has 0 radical (unpaired) electrons. The first-order valence-corrected chi connectivity index (χ1v) is 6.22. The Labute approximate surface area is 98.9 Å². The van der Waals surface area contributed by atoms with Crippen LogP contribution in [0.2, 0.25) is 0 Å². The summed E-state index contributed by atoms with van der Waals surface area (Å²) in [5.41, 5.74) is 0.0294. The lowest BCUT2D eigenvalue weighted by molar-refractivity contribution is -0.114. The number of Topliss-reactive ketones (excluding diaryl/α,β-unsaturated/α-hetero) is 1. The van der Waals surface area contributed by atoms with Gasteiger partial charge in [0.1, 0.15) is 0 Å².